The molecule has 6 heteroatoms. The molecule has 0 fully saturated rings. The summed E-state index contributed by atoms with van der Waals surface area (Å²) < 4.78 is 11.3. The van der Waals surface area contributed by atoms with E-state index in [1.165, 1.54) is 0 Å². The average molecular weight is 466 g/mol. The number of nitrogens with two attached hydrogens (primary N) is 1. The summed E-state index contributed by atoms with van der Waals surface area (Å²) in [6, 6.07) is 24.8. The quantitative estimate of drug-likeness (QED) is 0.240. The standard InChI is InChI=1S/C29H27N3O3/c1-19(2)18-32(29-27(28(31)33)25-6-4-5-7-26(25)35-29)23-12-10-21(11-13-23)22(17-30)16-20-8-14-24(34-3)15-9-20/h4-16,19H,18H2,1-3H3,(H2,31,33)/b22-16+. The molecule has 4 aromatic rings. The summed E-state index contributed by atoms with van der Waals surface area (Å²) in [5.41, 5.74) is 9.81. The van der Waals surface area contributed by atoms with Gasteiger partial charge in [-0.3, -0.25) is 4.79 Å². The molecule has 0 radical (unpaired) electrons. The number of methoxy groups -OCH3 is 1. The Balaban J connectivity index is 1.73. The van der Waals surface area contributed by atoms with Crippen LogP contribution in [0.15, 0.2) is 77.2 Å². The molecule has 1 amide bonds. The summed E-state index contributed by atoms with van der Waals surface area (Å²) in [4.78, 5) is 14.4. The fourth-order valence-corrected chi connectivity index (χ4v) is 4.00. The molecule has 1 heterocycles. The Labute approximate surface area is 204 Å². The summed E-state index contributed by atoms with van der Waals surface area (Å²) in [6.45, 7) is 4.81. The number of carbonyl (C=O) groups excluding carboxylic acids is 1. The number of carbonyl (C=O) groups is 1. The van der Waals surface area contributed by atoms with Crippen LogP contribution in [0, 0.1) is 17.2 Å². The molecule has 0 unspecified atom stereocenters. The van der Waals surface area contributed by atoms with Gasteiger partial charge in [-0.2, -0.15) is 5.26 Å². The number of hydrogen-bond donors (Lipinski definition) is 1. The highest BCUT2D eigenvalue weighted by molar-refractivity contribution is 6.10. The molecule has 3 aromatic carbocycles. The van der Waals surface area contributed by atoms with Gasteiger partial charge in [0, 0.05) is 17.6 Å². The van der Waals surface area contributed by atoms with Crippen LogP contribution in [0.25, 0.3) is 22.6 Å². The van der Waals surface area contributed by atoms with Crippen molar-refractivity contribution in [3.63, 3.8) is 0 Å². The van der Waals surface area contributed by atoms with Crippen molar-refractivity contribution in [2.45, 2.75) is 13.8 Å². The number of primary amides is 1. The lowest BCUT2D eigenvalue weighted by atomic mass is 10.0. The molecular weight excluding hydrogens is 438 g/mol. The number of allylic oxidation sites excluding steroid dienone is 1. The van der Waals surface area contributed by atoms with Crippen LogP contribution in [-0.4, -0.2) is 19.6 Å². The fourth-order valence-electron chi connectivity index (χ4n) is 4.00. The van der Waals surface area contributed by atoms with E-state index in [1.807, 2.05) is 83.8 Å². The number of nitriles is 1. The van der Waals surface area contributed by atoms with Gasteiger partial charge in [0.2, 0.25) is 5.88 Å². The van der Waals surface area contributed by atoms with Gasteiger partial charge in [-0.15, -0.1) is 0 Å². The van der Waals surface area contributed by atoms with Crippen molar-refractivity contribution in [3.8, 4) is 11.8 Å². The lowest BCUT2D eigenvalue weighted by Gasteiger charge is -2.25. The van der Waals surface area contributed by atoms with E-state index in [9.17, 15) is 10.1 Å². The molecule has 0 spiro atoms. The predicted molar refractivity (Wildman–Crippen MR) is 139 cm³/mol. The first-order valence-corrected chi connectivity index (χ1v) is 11.4. The number of anilines is 2. The Morgan fingerprint density at radius 3 is 2.37 bits per heavy atom. The van der Waals surface area contributed by atoms with Crippen LogP contribution in [0.5, 0.6) is 5.75 Å². The zero-order valence-electron chi connectivity index (χ0n) is 20.0. The van der Waals surface area contributed by atoms with Gasteiger partial charge in [0.05, 0.1) is 18.8 Å². The van der Waals surface area contributed by atoms with E-state index in [0.717, 1.165) is 22.6 Å². The average Bonchev–Trinajstić information content (AvgIpc) is 3.26. The maximum Gasteiger partial charge on any atom is 0.254 e. The summed E-state index contributed by atoms with van der Waals surface area (Å²) in [5.74, 6) is 0.934. The van der Waals surface area contributed by atoms with E-state index in [4.69, 9.17) is 14.9 Å². The first-order chi connectivity index (χ1) is 16.9. The Kier molecular flexibility index (Phi) is 6.88. The molecular formula is C29H27N3O3. The van der Waals surface area contributed by atoms with E-state index in [2.05, 4.69) is 19.9 Å². The number of nitrogens with zero attached hydrogens (tertiary/aromatic N) is 2. The first-order valence-electron chi connectivity index (χ1n) is 11.4. The molecule has 35 heavy (non-hydrogen) atoms. The lowest BCUT2D eigenvalue weighted by Crippen LogP contribution is -2.25. The van der Waals surface area contributed by atoms with Crippen LogP contribution < -0.4 is 15.4 Å². The zero-order valence-corrected chi connectivity index (χ0v) is 20.0. The second kappa shape index (κ2) is 10.2. The van der Waals surface area contributed by atoms with E-state index in [0.29, 0.717) is 34.5 Å². The Morgan fingerprint density at radius 1 is 1.09 bits per heavy atom. The number of hydrogen-bond acceptors (Lipinski definition) is 5. The van der Waals surface area contributed by atoms with Gasteiger partial charge < -0.3 is 19.8 Å². The van der Waals surface area contributed by atoms with Gasteiger partial charge in [-0.25, -0.2) is 0 Å². The third-order valence-electron chi connectivity index (χ3n) is 5.65. The zero-order chi connectivity index (χ0) is 24.9. The lowest BCUT2D eigenvalue weighted by molar-refractivity contribution is 0.100. The number of ether oxygens (including phenoxy) is 1. The molecule has 176 valence electrons. The Morgan fingerprint density at radius 2 is 1.77 bits per heavy atom. The molecule has 4 rings (SSSR count). The van der Waals surface area contributed by atoms with E-state index in [-0.39, 0.29) is 5.92 Å². The first kappa shape index (κ1) is 23.7. The maximum absolute atomic E-state index is 12.4. The number of amides is 1. The summed E-state index contributed by atoms with van der Waals surface area (Å²) in [5, 5.41) is 10.5. The second-order valence-electron chi connectivity index (χ2n) is 8.64. The molecule has 0 bridgehead atoms. The van der Waals surface area contributed by atoms with E-state index in [1.54, 1.807) is 7.11 Å². The number of furan rings is 1. The van der Waals surface area contributed by atoms with Crippen LogP contribution in [0.2, 0.25) is 0 Å². The normalized spacial score (nSPS) is 11.5. The minimum Gasteiger partial charge on any atom is -0.497 e. The summed E-state index contributed by atoms with van der Waals surface area (Å²) >= 11 is 0. The molecule has 2 N–H and O–H groups in total. The van der Waals surface area contributed by atoms with Crippen LogP contribution in [0.3, 0.4) is 0 Å². The van der Waals surface area contributed by atoms with Gasteiger partial charge in [0.15, 0.2) is 0 Å². The van der Waals surface area contributed by atoms with Crippen LogP contribution in [-0.2, 0) is 0 Å². The van der Waals surface area contributed by atoms with Gasteiger partial charge in [0.25, 0.3) is 5.91 Å². The van der Waals surface area contributed by atoms with Crippen molar-refractivity contribution < 1.29 is 13.9 Å². The predicted octanol–water partition coefficient (Wildman–Crippen LogP) is 6.40. The van der Waals surface area contributed by atoms with Crippen molar-refractivity contribution in [1.29, 1.82) is 5.26 Å². The van der Waals surface area contributed by atoms with Crippen LogP contribution in [0.4, 0.5) is 11.6 Å². The smallest absolute Gasteiger partial charge is 0.254 e. The SMILES string of the molecule is COc1ccc(/C=C(\C#N)c2ccc(N(CC(C)C)c3oc4ccccc4c3C(N)=O)cc2)cc1. The van der Waals surface area contributed by atoms with Gasteiger partial charge in [0.1, 0.15) is 16.9 Å². The highest BCUT2D eigenvalue weighted by atomic mass is 16.5. The van der Waals surface area contributed by atoms with Crippen molar-refractivity contribution >= 4 is 40.1 Å². The topological polar surface area (TPSA) is 92.5 Å². The minimum absolute atomic E-state index is 0.285. The van der Waals surface area contributed by atoms with Gasteiger partial charge in [-0.1, -0.05) is 56.3 Å². The Hall–Kier alpha value is -4.50. The molecule has 0 saturated carbocycles. The molecule has 0 atom stereocenters. The number of fused-ring (bicyclic) bond motifs is 1. The molecule has 6 nitrogen and oxygen atoms in total. The minimum atomic E-state index is -0.537. The molecule has 0 saturated heterocycles. The van der Waals surface area contributed by atoms with Crippen molar-refractivity contribution in [2.24, 2.45) is 11.7 Å². The fraction of sp³-hybridized carbons (Fsp3) is 0.172. The summed E-state index contributed by atoms with van der Waals surface area (Å²) in [7, 11) is 1.62. The van der Waals surface area contributed by atoms with Gasteiger partial charge >= 0.3 is 0 Å². The van der Waals surface area contributed by atoms with E-state index >= 15 is 0 Å². The number of rotatable bonds is 8. The Bertz CT molecular complexity index is 1410. The van der Waals surface area contributed by atoms with Crippen molar-refractivity contribution in [1.82, 2.24) is 0 Å². The highest BCUT2D eigenvalue weighted by Crippen LogP contribution is 2.37. The number of para-hydroxylation sites is 1. The van der Waals surface area contributed by atoms with E-state index < -0.39 is 5.91 Å². The second-order valence-corrected chi connectivity index (χ2v) is 8.64. The third kappa shape index (κ3) is 5.04. The van der Waals surface area contributed by atoms with Crippen molar-refractivity contribution in [2.75, 3.05) is 18.6 Å². The van der Waals surface area contributed by atoms with Crippen LogP contribution in [0.1, 0.15) is 35.3 Å². The van der Waals surface area contributed by atoms with Crippen molar-refractivity contribution in [3.05, 3.63) is 89.5 Å². The molecule has 0 aliphatic heterocycles. The maximum atomic E-state index is 12.4. The third-order valence-corrected chi connectivity index (χ3v) is 5.65. The summed E-state index contributed by atoms with van der Waals surface area (Å²) in [6.07, 6.45) is 1.84. The molecule has 0 aliphatic rings. The monoisotopic (exact) mass is 465 g/mol. The largest absolute Gasteiger partial charge is 0.497 e. The van der Waals surface area contributed by atoms with Crippen LogP contribution >= 0.6 is 0 Å². The highest BCUT2D eigenvalue weighted by Gasteiger charge is 2.25. The number of benzene rings is 3. The van der Waals surface area contributed by atoms with Gasteiger partial charge in [-0.05, 0) is 53.5 Å². The molecule has 1 aromatic heterocycles. The molecule has 0 aliphatic carbocycles.